The Morgan fingerprint density at radius 2 is 2.33 bits per heavy atom. The third kappa shape index (κ3) is 5.49. The Morgan fingerprint density at radius 1 is 1.47 bits per heavy atom. The minimum atomic E-state index is 0.755. The minimum absolute atomic E-state index is 0.755. The van der Waals surface area contributed by atoms with Crippen molar-refractivity contribution in [2.45, 2.75) is 26.3 Å². The summed E-state index contributed by atoms with van der Waals surface area (Å²) in [4.78, 5) is 0. The van der Waals surface area contributed by atoms with E-state index in [-0.39, 0.29) is 0 Å². The summed E-state index contributed by atoms with van der Waals surface area (Å²) in [5, 5.41) is 11.1. The molecule has 0 unspecified atom stereocenters. The van der Waals surface area contributed by atoms with Crippen molar-refractivity contribution in [3.8, 4) is 0 Å². The molecule has 15 heavy (non-hydrogen) atoms. The molecular formula is C10H20N4O. The molecule has 0 fully saturated rings. The van der Waals surface area contributed by atoms with Crippen molar-refractivity contribution in [3.63, 3.8) is 0 Å². The van der Waals surface area contributed by atoms with Crippen LogP contribution >= 0.6 is 0 Å². The van der Waals surface area contributed by atoms with Gasteiger partial charge in [-0.25, -0.2) is 0 Å². The van der Waals surface area contributed by atoms with Crippen molar-refractivity contribution in [2.24, 2.45) is 7.05 Å². The van der Waals surface area contributed by atoms with E-state index >= 15 is 0 Å². The Hall–Kier alpha value is -0.940. The van der Waals surface area contributed by atoms with Crippen molar-refractivity contribution in [1.82, 2.24) is 20.3 Å². The first kappa shape index (κ1) is 12.1. The fourth-order valence-electron chi connectivity index (χ4n) is 1.19. The molecule has 0 aliphatic heterocycles. The zero-order valence-electron chi connectivity index (χ0n) is 9.57. The van der Waals surface area contributed by atoms with Crippen LogP contribution in [-0.4, -0.2) is 34.8 Å². The molecular weight excluding hydrogens is 192 g/mol. The van der Waals surface area contributed by atoms with Crippen LogP contribution in [-0.2, 0) is 18.3 Å². The smallest absolute Gasteiger partial charge is 0.0964 e. The molecule has 0 aromatic carbocycles. The largest absolute Gasteiger partial charge is 0.380 e. The molecule has 0 saturated heterocycles. The van der Waals surface area contributed by atoms with Crippen molar-refractivity contribution >= 4 is 0 Å². The van der Waals surface area contributed by atoms with Gasteiger partial charge in [-0.1, -0.05) is 18.6 Å². The highest BCUT2D eigenvalue weighted by atomic mass is 16.5. The molecule has 0 radical (unpaired) electrons. The van der Waals surface area contributed by atoms with Gasteiger partial charge in [-0.3, -0.25) is 4.68 Å². The molecule has 5 heteroatoms. The average molecular weight is 212 g/mol. The molecule has 1 aromatic heterocycles. The maximum atomic E-state index is 5.41. The quantitative estimate of drug-likeness (QED) is 0.645. The summed E-state index contributed by atoms with van der Waals surface area (Å²) in [6.45, 7) is 5.41. The van der Waals surface area contributed by atoms with E-state index in [4.69, 9.17) is 4.74 Å². The van der Waals surface area contributed by atoms with Crippen LogP contribution in [0, 0.1) is 0 Å². The molecule has 86 valence electrons. The van der Waals surface area contributed by atoms with E-state index < -0.39 is 0 Å². The molecule has 0 atom stereocenters. The van der Waals surface area contributed by atoms with Gasteiger partial charge in [-0.15, -0.1) is 5.10 Å². The normalized spacial score (nSPS) is 10.8. The summed E-state index contributed by atoms with van der Waals surface area (Å²) in [6, 6.07) is 0. The fourth-order valence-corrected chi connectivity index (χ4v) is 1.19. The maximum Gasteiger partial charge on any atom is 0.0964 e. The molecule has 0 spiro atoms. The number of hydrogen-bond donors (Lipinski definition) is 1. The lowest BCUT2D eigenvalue weighted by Gasteiger charge is -2.03. The first-order valence-corrected chi connectivity index (χ1v) is 5.46. The molecule has 0 bridgehead atoms. The van der Waals surface area contributed by atoms with Crippen molar-refractivity contribution in [1.29, 1.82) is 0 Å². The van der Waals surface area contributed by atoms with Crippen LogP contribution in [0.3, 0.4) is 0 Å². The predicted octanol–water partition coefficient (Wildman–Crippen LogP) is 0.721. The van der Waals surface area contributed by atoms with Crippen LogP contribution in [0.2, 0.25) is 0 Å². The number of aryl methyl sites for hydroxylation is 1. The predicted molar refractivity (Wildman–Crippen MR) is 58.4 cm³/mol. The second kappa shape index (κ2) is 7.36. The van der Waals surface area contributed by atoms with E-state index in [1.165, 1.54) is 6.42 Å². The topological polar surface area (TPSA) is 52.0 Å². The SMILES string of the molecule is CCCCOCCNCc1cn(C)nn1. The van der Waals surface area contributed by atoms with E-state index in [0.29, 0.717) is 0 Å². The van der Waals surface area contributed by atoms with Gasteiger partial charge in [-0.2, -0.15) is 0 Å². The van der Waals surface area contributed by atoms with E-state index in [1.807, 2.05) is 13.2 Å². The van der Waals surface area contributed by atoms with Gasteiger partial charge < -0.3 is 10.1 Å². The van der Waals surface area contributed by atoms with Crippen LogP contribution in [0.4, 0.5) is 0 Å². The lowest BCUT2D eigenvalue weighted by atomic mass is 10.4. The number of nitrogens with zero attached hydrogens (tertiary/aromatic N) is 3. The molecule has 1 rings (SSSR count). The van der Waals surface area contributed by atoms with E-state index in [9.17, 15) is 0 Å². The van der Waals surface area contributed by atoms with Crippen molar-refractivity contribution in [2.75, 3.05) is 19.8 Å². The van der Waals surface area contributed by atoms with Crippen LogP contribution in [0.5, 0.6) is 0 Å². The van der Waals surface area contributed by atoms with Gasteiger partial charge in [0.1, 0.15) is 0 Å². The van der Waals surface area contributed by atoms with Gasteiger partial charge in [0.25, 0.3) is 0 Å². The number of aromatic nitrogens is 3. The first-order chi connectivity index (χ1) is 7.33. The van der Waals surface area contributed by atoms with Crippen molar-refractivity contribution < 1.29 is 4.74 Å². The third-order valence-electron chi connectivity index (χ3n) is 2.02. The van der Waals surface area contributed by atoms with Gasteiger partial charge in [0.05, 0.1) is 12.3 Å². The molecule has 1 aromatic rings. The Labute approximate surface area is 90.8 Å². The summed E-state index contributed by atoms with van der Waals surface area (Å²) >= 11 is 0. The highest BCUT2D eigenvalue weighted by Gasteiger charge is 1.96. The summed E-state index contributed by atoms with van der Waals surface area (Å²) in [5.74, 6) is 0. The Morgan fingerprint density at radius 3 is 3.00 bits per heavy atom. The lowest BCUT2D eigenvalue weighted by molar-refractivity contribution is 0.133. The molecule has 1 N–H and O–H groups in total. The first-order valence-electron chi connectivity index (χ1n) is 5.46. The van der Waals surface area contributed by atoms with Crippen LogP contribution < -0.4 is 5.32 Å². The number of unbranched alkanes of at least 4 members (excludes halogenated alkanes) is 1. The molecule has 0 aliphatic rings. The summed E-state index contributed by atoms with van der Waals surface area (Å²) in [6.07, 6.45) is 4.24. The van der Waals surface area contributed by atoms with Crippen LogP contribution in [0.1, 0.15) is 25.5 Å². The van der Waals surface area contributed by atoms with Gasteiger partial charge in [0, 0.05) is 32.9 Å². The van der Waals surface area contributed by atoms with Crippen molar-refractivity contribution in [3.05, 3.63) is 11.9 Å². The Bertz CT molecular complexity index is 262. The van der Waals surface area contributed by atoms with Gasteiger partial charge in [0.15, 0.2) is 0 Å². The summed E-state index contributed by atoms with van der Waals surface area (Å²) < 4.78 is 7.12. The number of rotatable bonds is 8. The summed E-state index contributed by atoms with van der Waals surface area (Å²) in [7, 11) is 1.87. The standard InChI is InChI=1S/C10H20N4O/c1-3-4-6-15-7-5-11-8-10-9-14(2)13-12-10/h9,11H,3-8H2,1-2H3. The second-order valence-corrected chi connectivity index (χ2v) is 3.53. The Kier molecular flexibility index (Phi) is 5.96. The molecule has 5 nitrogen and oxygen atoms in total. The number of hydrogen-bond acceptors (Lipinski definition) is 4. The molecule has 0 aliphatic carbocycles. The fraction of sp³-hybridized carbons (Fsp3) is 0.800. The van der Waals surface area contributed by atoms with E-state index in [1.54, 1.807) is 4.68 Å². The zero-order valence-corrected chi connectivity index (χ0v) is 9.57. The monoisotopic (exact) mass is 212 g/mol. The van der Waals surface area contributed by atoms with Gasteiger partial charge in [0.2, 0.25) is 0 Å². The van der Waals surface area contributed by atoms with E-state index in [2.05, 4.69) is 22.6 Å². The second-order valence-electron chi connectivity index (χ2n) is 3.53. The highest BCUT2D eigenvalue weighted by Crippen LogP contribution is 1.90. The van der Waals surface area contributed by atoms with E-state index in [0.717, 1.165) is 38.4 Å². The lowest BCUT2D eigenvalue weighted by Crippen LogP contribution is -2.19. The zero-order chi connectivity index (χ0) is 10.9. The molecule has 1 heterocycles. The minimum Gasteiger partial charge on any atom is -0.380 e. The van der Waals surface area contributed by atoms with Gasteiger partial charge in [-0.05, 0) is 6.42 Å². The number of ether oxygens (including phenoxy) is 1. The Balaban J connectivity index is 1.93. The van der Waals surface area contributed by atoms with Crippen LogP contribution in [0.25, 0.3) is 0 Å². The highest BCUT2D eigenvalue weighted by molar-refractivity contribution is 4.90. The molecule has 0 amide bonds. The number of nitrogens with one attached hydrogen (secondary N) is 1. The average Bonchev–Trinajstić information content (AvgIpc) is 2.63. The molecule has 0 saturated carbocycles. The van der Waals surface area contributed by atoms with Gasteiger partial charge >= 0.3 is 0 Å². The summed E-state index contributed by atoms with van der Waals surface area (Å²) in [5.41, 5.74) is 0.964. The maximum absolute atomic E-state index is 5.41. The third-order valence-corrected chi connectivity index (χ3v) is 2.02. The van der Waals surface area contributed by atoms with Crippen LogP contribution in [0.15, 0.2) is 6.20 Å².